The first-order valence-electron chi connectivity index (χ1n) is 12.4. The highest BCUT2D eigenvalue weighted by molar-refractivity contribution is 7.99. The number of hydrogen-bond acceptors (Lipinski definition) is 4. The van der Waals surface area contributed by atoms with Crippen LogP contribution in [-0.4, -0.2) is 24.2 Å². The van der Waals surface area contributed by atoms with Gasteiger partial charge in [0.15, 0.2) is 0 Å². The van der Waals surface area contributed by atoms with Crippen molar-refractivity contribution in [1.82, 2.24) is 0 Å². The molecule has 5 rings (SSSR count). The summed E-state index contributed by atoms with van der Waals surface area (Å²) >= 11 is 1.94. The van der Waals surface area contributed by atoms with Gasteiger partial charge in [0.05, 0.1) is 11.4 Å². The molecule has 4 heteroatoms. The Morgan fingerprint density at radius 2 is 1.19 bits per heavy atom. The molecular formula is C28H39N3S. The monoisotopic (exact) mass is 449 g/mol. The molecule has 3 aliphatic heterocycles. The van der Waals surface area contributed by atoms with Crippen LogP contribution in [0.1, 0.15) is 91.2 Å². The van der Waals surface area contributed by atoms with E-state index in [-0.39, 0.29) is 11.1 Å². The third-order valence-electron chi connectivity index (χ3n) is 8.10. The average molecular weight is 450 g/mol. The highest BCUT2D eigenvalue weighted by Gasteiger charge is 2.38. The van der Waals surface area contributed by atoms with E-state index < -0.39 is 0 Å². The lowest BCUT2D eigenvalue weighted by Crippen LogP contribution is -2.48. The summed E-state index contributed by atoms with van der Waals surface area (Å²) in [5.41, 5.74) is 8.79. The molecule has 172 valence electrons. The van der Waals surface area contributed by atoms with E-state index in [0.717, 1.165) is 13.1 Å². The first kappa shape index (κ1) is 22.0. The first-order valence-corrected chi connectivity index (χ1v) is 13.2. The van der Waals surface area contributed by atoms with Gasteiger partial charge in [0.25, 0.3) is 0 Å². The summed E-state index contributed by atoms with van der Waals surface area (Å²) in [5.74, 6) is 1.15. The molecule has 32 heavy (non-hydrogen) atoms. The molecule has 0 amide bonds. The van der Waals surface area contributed by atoms with Gasteiger partial charge in [-0.2, -0.15) is 0 Å². The van der Waals surface area contributed by atoms with Gasteiger partial charge in [-0.25, -0.2) is 0 Å². The summed E-state index contributed by atoms with van der Waals surface area (Å²) in [5, 5.41) is 3.83. The Balaban J connectivity index is 1.59. The number of rotatable bonds is 2. The summed E-state index contributed by atoms with van der Waals surface area (Å²) in [7, 11) is 0. The van der Waals surface area contributed by atoms with Gasteiger partial charge >= 0.3 is 0 Å². The zero-order chi connectivity index (χ0) is 23.0. The minimum Gasteiger partial charge on any atom is -0.366 e. The molecule has 2 aromatic rings. The lowest BCUT2D eigenvalue weighted by atomic mass is 9.79. The van der Waals surface area contributed by atoms with E-state index in [2.05, 4.69) is 94.8 Å². The van der Waals surface area contributed by atoms with Gasteiger partial charge in [0, 0.05) is 45.3 Å². The predicted molar refractivity (Wildman–Crippen MR) is 141 cm³/mol. The van der Waals surface area contributed by atoms with Crippen LogP contribution < -0.4 is 15.1 Å². The summed E-state index contributed by atoms with van der Waals surface area (Å²) in [4.78, 5) is 7.92. The van der Waals surface area contributed by atoms with E-state index in [0.29, 0.717) is 11.8 Å². The number of nitrogens with one attached hydrogen (secondary N) is 1. The second-order valence-electron chi connectivity index (χ2n) is 11.4. The number of benzene rings is 2. The van der Waals surface area contributed by atoms with Crippen LogP contribution in [-0.2, 0) is 0 Å². The van der Waals surface area contributed by atoms with Crippen molar-refractivity contribution in [3.63, 3.8) is 0 Å². The Bertz CT molecular complexity index is 987. The molecule has 0 saturated carbocycles. The highest BCUT2D eigenvalue weighted by Crippen LogP contribution is 2.54. The topological polar surface area (TPSA) is 18.5 Å². The second kappa shape index (κ2) is 7.35. The van der Waals surface area contributed by atoms with Crippen LogP contribution in [0.25, 0.3) is 0 Å². The molecular weight excluding hydrogens is 410 g/mol. The minimum atomic E-state index is 0.197. The van der Waals surface area contributed by atoms with Crippen molar-refractivity contribution in [2.45, 2.75) is 101 Å². The van der Waals surface area contributed by atoms with Crippen LogP contribution in [0.5, 0.6) is 0 Å². The van der Waals surface area contributed by atoms with E-state index >= 15 is 0 Å². The smallest absolute Gasteiger partial charge is 0.0530 e. The van der Waals surface area contributed by atoms with Crippen molar-refractivity contribution in [3.05, 3.63) is 35.4 Å². The molecule has 0 saturated heterocycles. The molecule has 3 nitrogen and oxygen atoms in total. The van der Waals surface area contributed by atoms with Gasteiger partial charge in [-0.3, -0.25) is 0 Å². The average Bonchev–Trinajstić information content (AvgIpc) is 2.69. The van der Waals surface area contributed by atoms with E-state index in [1.165, 1.54) is 56.5 Å². The maximum Gasteiger partial charge on any atom is 0.0530 e. The van der Waals surface area contributed by atoms with Gasteiger partial charge in [0.2, 0.25) is 0 Å². The van der Waals surface area contributed by atoms with Crippen LogP contribution in [0, 0.1) is 0 Å². The number of hydrogen-bond donors (Lipinski definition) is 1. The third-order valence-corrected chi connectivity index (χ3v) is 9.21. The quantitative estimate of drug-likeness (QED) is 0.425. The Labute approximate surface area is 199 Å². The standard InChI is InChI=1S/C28H39N3S/c1-9-30-23-13-25-21(11-19(23)17(3)15-27(30,5)6)29-22-12-20-18(4)16-28(7,8)31(10-2)24(20)14-26(22)32-25/h11-14,17-18,29H,9-10,15-16H2,1-8H3. The lowest BCUT2D eigenvalue weighted by molar-refractivity contribution is 0.381. The van der Waals surface area contributed by atoms with E-state index in [9.17, 15) is 0 Å². The lowest BCUT2D eigenvalue weighted by Gasteiger charge is -2.48. The molecule has 2 aromatic carbocycles. The molecule has 0 fully saturated rings. The second-order valence-corrected chi connectivity index (χ2v) is 12.4. The van der Waals surface area contributed by atoms with Crippen molar-refractivity contribution in [3.8, 4) is 0 Å². The maximum atomic E-state index is 3.83. The van der Waals surface area contributed by atoms with Crippen molar-refractivity contribution < 1.29 is 0 Å². The number of anilines is 4. The summed E-state index contributed by atoms with van der Waals surface area (Å²) in [6.45, 7) is 21.0. The van der Waals surface area contributed by atoms with Crippen LogP contribution in [0.3, 0.4) is 0 Å². The van der Waals surface area contributed by atoms with Crippen LogP contribution >= 0.6 is 11.8 Å². The van der Waals surface area contributed by atoms with Crippen molar-refractivity contribution >= 4 is 34.5 Å². The van der Waals surface area contributed by atoms with E-state index in [1.54, 1.807) is 0 Å². The number of fused-ring (bicyclic) bond motifs is 4. The largest absolute Gasteiger partial charge is 0.366 e. The summed E-state index contributed by atoms with van der Waals surface area (Å²) in [6.07, 6.45) is 2.40. The zero-order valence-corrected chi connectivity index (χ0v) is 21.9. The Morgan fingerprint density at radius 3 is 1.56 bits per heavy atom. The summed E-state index contributed by atoms with van der Waals surface area (Å²) in [6, 6.07) is 9.78. The van der Waals surface area contributed by atoms with E-state index in [1.807, 2.05) is 11.8 Å². The van der Waals surface area contributed by atoms with Gasteiger partial charge in [-0.05, 0) is 102 Å². The molecule has 0 aromatic heterocycles. The maximum absolute atomic E-state index is 3.83. The van der Waals surface area contributed by atoms with Crippen molar-refractivity contribution in [1.29, 1.82) is 0 Å². The van der Waals surface area contributed by atoms with Gasteiger partial charge in [0.1, 0.15) is 0 Å². The Hall–Kier alpha value is -1.81. The Kier molecular flexibility index (Phi) is 5.05. The molecule has 3 heterocycles. The fourth-order valence-electron chi connectivity index (χ4n) is 6.84. The minimum absolute atomic E-state index is 0.197. The fraction of sp³-hybridized carbons (Fsp3) is 0.571. The van der Waals surface area contributed by atoms with Gasteiger partial charge in [-0.15, -0.1) is 0 Å². The molecule has 2 unspecified atom stereocenters. The summed E-state index contributed by atoms with van der Waals surface area (Å²) < 4.78 is 0. The zero-order valence-electron chi connectivity index (χ0n) is 21.1. The van der Waals surface area contributed by atoms with Crippen LogP contribution in [0.15, 0.2) is 34.1 Å². The Morgan fingerprint density at radius 1 is 0.781 bits per heavy atom. The predicted octanol–water partition coefficient (Wildman–Crippen LogP) is 8.12. The molecule has 0 bridgehead atoms. The molecule has 2 atom stereocenters. The van der Waals surface area contributed by atoms with Crippen LogP contribution in [0.2, 0.25) is 0 Å². The molecule has 0 spiro atoms. The fourth-order valence-corrected chi connectivity index (χ4v) is 7.86. The van der Waals surface area contributed by atoms with Gasteiger partial charge < -0.3 is 15.1 Å². The van der Waals surface area contributed by atoms with Crippen LogP contribution in [0.4, 0.5) is 22.7 Å². The van der Waals surface area contributed by atoms with Crippen molar-refractivity contribution in [2.75, 3.05) is 28.2 Å². The third kappa shape index (κ3) is 3.24. The SMILES string of the molecule is CCN1c2cc3c(cc2C(C)CC1(C)C)Nc1cc2c(cc1S3)N(CC)C(C)(C)CC2C. The molecule has 1 N–H and O–H groups in total. The van der Waals surface area contributed by atoms with Gasteiger partial charge in [-0.1, -0.05) is 25.6 Å². The van der Waals surface area contributed by atoms with Crippen molar-refractivity contribution in [2.24, 2.45) is 0 Å². The number of nitrogens with zero attached hydrogens (tertiary/aromatic N) is 2. The highest BCUT2D eigenvalue weighted by atomic mass is 32.2. The first-order chi connectivity index (χ1) is 15.1. The molecule has 3 aliphatic rings. The van der Waals surface area contributed by atoms with E-state index in [4.69, 9.17) is 0 Å². The molecule has 0 aliphatic carbocycles. The molecule has 0 radical (unpaired) electrons. The normalized spacial score (nSPS) is 24.8.